The fourth-order valence-corrected chi connectivity index (χ4v) is 4.89. The number of carbonyl (C=O) groups is 1. The molecule has 2 aromatic heterocycles. The maximum absolute atomic E-state index is 14.1. The third-order valence-corrected chi connectivity index (χ3v) is 6.30. The molecule has 0 radical (unpaired) electrons. The summed E-state index contributed by atoms with van der Waals surface area (Å²) in [4.78, 5) is 11.4. The fraction of sp³-hybridized carbons (Fsp3) is 0.385. The van der Waals surface area contributed by atoms with Crippen LogP contribution in [0.25, 0.3) is 27.5 Å². The van der Waals surface area contributed by atoms with Gasteiger partial charge in [-0.25, -0.2) is 4.39 Å². The largest absolute Gasteiger partial charge is 0.481 e. The van der Waals surface area contributed by atoms with Crippen LogP contribution in [0.5, 0.6) is 0 Å². The van der Waals surface area contributed by atoms with E-state index in [9.17, 15) is 14.3 Å². The van der Waals surface area contributed by atoms with Gasteiger partial charge < -0.3 is 9.67 Å². The molecule has 168 valence electrons. The zero-order valence-corrected chi connectivity index (χ0v) is 19.1. The molecule has 0 aliphatic carbocycles. The normalized spacial score (nSPS) is 12.8. The van der Waals surface area contributed by atoms with Crippen molar-refractivity contribution in [1.29, 1.82) is 0 Å². The predicted molar refractivity (Wildman–Crippen MR) is 126 cm³/mol. The number of carboxylic acid groups (broad SMARTS) is 1. The molecule has 5 nitrogen and oxygen atoms in total. The van der Waals surface area contributed by atoms with Crippen LogP contribution in [-0.2, 0) is 4.79 Å². The zero-order valence-electron chi connectivity index (χ0n) is 19.1. The Kier molecular flexibility index (Phi) is 6.04. The molecule has 2 heterocycles. The number of nitrogens with zero attached hydrogens (tertiary/aromatic N) is 2. The zero-order chi connectivity index (χ0) is 23.0. The van der Waals surface area contributed by atoms with Gasteiger partial charge >= 0.3 is 5.97 Å². The Labute approximate surface area is 187 Å². The Morgan fingerprint density at radius 3 is 2.66 bits per heavy atom. The first kappa shape index (κ1) is 22.1. The molecule has 6 heteroatoms. The minimum atomic E-state index is -0.772. The summed E-state index contributed by atoms with van der Waals surface area (Å²) in [5.41, 5.74) is 5.88. The number of aromatic amines is 1. The molecule has 0 amide bonds. The molecule has 1 atom stereocenters. The molecule has 0 fully saturated rings. The summed E-state index contributed by atoms with van der Waals surface area (Å²) in [5.74, 6) is -0.673. The van der Waals surface area contributed by atoms with E-state index in [1.54, 1.807) is 6.92 Å². The monoisotopic (exact) mass is 435 g/mol. The number of hydrogen-bond donors (Lipinski definition) is 2. The Morgan fingerprint density at radius 1 is 1.22 bits per heavy atom. The van der Waals surface area contributed by atoms with E-state index in [1.165, 1.54) is 11.6 Å². The van der Waals surface area contributed by atoms with Crippen LogP contribution in [0, 0.1) is 12.7 Å². The molecule has 0 saturated heterocycles. The van der Waals surface area contributed by atoms with Crippen LogP contribution < -0.4 is 0 Å². The van der Waals surface area contributed by atoms with Crippen molar-refractivity contribution in [1.82, 2.24) is 14.8 Å². The lowest BCUT2D eigenvalue weighted by Gasteiger charge is -2.21. The highest BCUT2D eigenvalue weighted by Gasteiger charge is 2.27. The summed E-state index contributed by atoms with van der Waals surface area (Å²) in [7, 11) is 0. The van der Waals surface area contributed by atoms with E-state index in [1.807, 2.05) is 18.3 Å². The number of halogens is 1. The van der Waals surface area contributed by atoms with Crippen molar-refractivity contribution in [3.05, 3.63) is 59.2 Å². The lowest BCUT2D eigenvalue weighted by atomic mass is 9.85. The average molecular weight is 436 g/mol. The maximum atomic E-state index is 14.1. The van der Waals surface area contributed by atoms with Gasteiger partial charge in [-0.2, -0.15) is 5.10 Å². The van der Waals surface area contributed by atoms with Gasteiger partial charge in [-0.05, 0) is 73.1 Å². The van der Waals surface area contributed by atoms with E-state index in [-0.39, 0.29) is 24.1 Å². The Morgan fingerprint density at radius 2 is 2.00 bits per heavy atom. The molecular weight excluding hydrogens is 405 g/mol. The molecule has 4 aromatic rings. The number of hydrogen-bond acceptors (Lipinski definition) is 2. The first-order valence-corrected chi connectivity index (χ1v) is 11.3. The highest BCUT2D eigenvalue weighted by atomic mass is 19.1. The molecule has 2 aromatic carbocycles. The van der Waals surface area contributed by atoms with Gasteiger partial charge in [-0.1, -0.05) is 27.2 Å². The van der Waals surface area contributed by atoms with Gasteiger partial charge in [0, 0.05) is 28.6 Å². The van der Waals surface area contributed by atoms with Crippen LogP contribution in [0.4, 0.5) is 4.39 Å². The van der Waals surface area contributed by atoms with Crippen molar-refractivity contribution >= 4 is 27.8 Å². The number of nitrogens with one attached hydrogen (secondary N) is 1. The van der Waals surface area contributed by atoms with Gasteiger partial charge in [-0.3, -0.25) is 9.89 Å². The van der Waals surface area contributed by atoms with Crippen LogP contribution in [-0.4, -0.2) is 25.8 Å². The van der Waals surface area contributed by atoms with Crippen molar-refractivity contribution in [2.45, 2.75) is 65.2 Å². The van der Waals surface area contributed by atoms with Gasteiger partial charge in [0.15, 0.2) is 0 Å². The standard InChI is InChI=1S/C26H30FN3O2/c1-5-6-17(7-10-24(31)32)25-20-13-22-18(14-28-29-22)12-23(20)30(26(25)15(2)3)19-8-9-21(27)16(4)11-19/h8-9,11-15,17H,5-7,10H2,1-4H3,(H,28,29)(H,31,32)/t17-/m1/s1. The smallest absolute Gasteiger partial charge is 0.303 e. The molecule has 0 bridgehead atoms. The maximum Gasteiger partial charge on any atom is 0.303 e. The molecular formula is C26H30FN3O2. The van der Waals surface area contributed by atoms with E-state index in [4.69, 9.17) is 0 Å². The predicted octanol–water partition coefficient (Wildman–Crippen LogP) is 6.83. The lowest BCUT2D eigenvalue weighted by Crippen LogP contribution is -2.09. The van der Waals surface area contributed by atoms with E-state index in [0.717, 1.165) is 46.0 Å². The van der Waals surface area contributed by atoms with Crippen molar-refractivity contribution in [3.63, 3.8) is 0 Å². The quantitative estimate of drug-likeness (QED) is 0.319. The molecule has 0 spiro atoms. The second kappa shape index (κ2) is 8.77. The fourth-order valence-electron chi connectivity index (χ4n) is 4.89. The highest BCUT2D eigenvalue weighted by molar-refractivity contribution is 5.99. The topological polar surface area (TPSA) is 70.9 Å². The Bertz CT molecular complexity index is 1290. The Hall–Kier alpha value is -3.15. The minimum Gasteiger partial charge on any atom is -0.481 e. The Balaban J connectivity index is 2.08. The number of H-pyrrole nitrogens is 1. The number of aromatic nitrogens is 3. The van der Waals surface area contributed by atoms with Crippen molar-refractivity contribution in [2.24, 2.45) is 0 Å². The van der Waals surface area contributed by atoms with Gasteiger partial charge in [0.1, 0.15) is 5.82 Å². The summed E-state index contributed by atoms with van der Waals surface area (Å²) in [6.07, 6.45) is 4.42. The molecule has 4 rings (SSSR count). The SMILES string of the molecule is CCC[C@H](CCC(=O)O)c1c(C(C)C)n(-c2ccc(F)c(C)c2)c2cc3cn[nH]c3cc12. The van der Waals surface area contributed by atoms with E-state index >= 15 is 0 Å². The summed E-state index contributed by atoms with van der Waals surface area (Å²) in [6, 6.07) is 9.49. The average Bonchev–Trinajstić information content (AvgIpc) is 3.33. The molecule has 0 unspecified atom stereocenters. The minimum absolute atomic E-state index is 0.124. The third-order valence-electron chi connectivity index (χ3n) is 6.30. The van der Waals surface area contributed by atoms with Crippen LogP contribution in [0.2, 0.25) is 0 Å². The first-order valence-electron chi connectivity index (χ1n) is 11.3. The molecule has 32 heavy (non-hydrogen) atoms. The number of aliphatic carboxylic acids is 1. The second-order valence-corrected chi connectivity index (χ2v) is 8.97. The van der Waals surface area contributed by atoms with Crippen LogP contribution >= 0.6 is 0 Å². The number of rotatable bonds is 8. The molecule has 0 saturated carbocycles. The van der Waals surface area contributed by atoms with Crippen LogP contribution in [0.15, 0.2) is 36.5 Å². The van der Waals surface area contributed by atoms with Crippen LogP contribution in [0.3, 0.4) is 0 Å². The molecule has 0 aliphatic rings. The molecule has 0 aliphatic heterocycles. The second-order valence-electron chi connectivity index (χ2n) is 8.97. The summed E-state index contributed by atoms with van der Waals surface area (Å²) in [5, 5.41) is 18.8. The summed E-state index contributed by atoms with van der Waals surface area (Å²) in [6.45, 7) is 8.25. The number of carboxylic acids is 1. The van der Waals surface area contributed by atoms with Crippen molar-refractivity contribution in [3.8, 4) is 5.69 Å². The number of fused-ring (bicyclic) bond motifs is 2. The van der Waals surface area contributed by atoms with E-state index in [2.05, 4.69) is 47.7 Å². The van der Waals surface area contributed by atoms with Gasteiger partial charge in [0.2, 0.25) is 0 Å². The van der Waals surface area contributed by atoms with E-state index in [0.29, 0.717) is 12.0 Å². The van der Waals surface area contributed by atoms with Gasteiger partial charge in [0.05, 0.1) is 17.2 Å². The van der Waals surface area contributed by atoms with Gasteiger partial charge in [0.25, 0.3) is 0 Å². The molecule has 2 N–H and O–H groups in total. The summed E-state index contributed by atoms with van der Waals surface area (Å²) < 4.78 is 16.3. The number of benzene rings is 2. The highest BCUT2D eigenvalue weighted by Crippen LogP contribution is 2.42. The van der Waals surface area contributed by atoms with E-state index < -0.39 is 5.97 Å². The number of aryl methyl sites for hydroxylation is 1. The lowest BCUT2D eigenvalue weighted by molar-refractivity contribution is -0.137. The van der Waals surface area contributed by atoms with Crippen molar-refractivity contribution < 1.29 is 14.3 Å². The third kappa shape index (κ3) is 3.90. The van der Waals surface area contributed by atoms with Crippen molar-refractivity contribution in [2.75, 3.05) is 0 Å². The summed E-state index contributed by atoms with van der Waals surface area (Å²) >= 11 is 0. The van der Waals surface area contributed by atoms with Crippen LogP contribution in [0.1, 0.15) is 75.1 Å². The first-order chi connectivity index (χ1) is 15.3. The van der Waals surface area contributed by atoms with Gasteiger partial charge in [-0.15, -0.1) is 0 Å².